The highest BCUT2D eigenvalue weighted by Crippen LogP contribution is 2.36. The third-order valence-electron chi connectivity index (χ3n) is 2.41. The summed E-state index contributed by atoms with van der Waals surface area (Å²) in [7, 11) is 0. The van der Waals surface area contributed by atoms with Crippen molar-refractivity contribution in [1.82, 2.24) is 0 Å². The number of benzene rings is 1. The normalized spacial score (nSPS) is 15.0. The van der Waals surface area contributed by atoms with E-state index in [-0.39, 0.29) is 4.32 Å². The lowest BCUT2D eigenvalue weighted by molar-refractivity contribution is 0.680. The van der Waals surface area contributed by atoms with Gasteiger partial charge in [-0.1, -0.05) is 59.8 Å². The van der Waals surface area contributed by atoms with E-state index in [2.05, 4.69) is 54.6 Å². The maximum atomic E-state index is 3.82. The highest BCUT2D eigenvalue weighted by Gasteiger charge is 2.21. The predicted octanol–water partition coefficient (Wildman–Crippen LogP) is 4.35. The molecule has 1 heteroatoms. The van der Waals surface area contributed by atoms with E-state index in [1.54, 1.807) is 0 Å². The van der Waals surface area contributed by atoms with Crippen LogP contribution in [0, 0.1) is 0 Å². The molecule has 13 heavy (non-hydrogen) atoms. The van der Waals surface area contributed by atoms with Crippen LogP contribution in [0.3, 0.4) is 0 Å². The van der Waals surface area contributed by atoms with Crippen LogP contribution in [0.5, 0.6) is 0 Å². The molecule has 0 bridgehead atoms. The van der Waals surface area contributed by atoms with E-state index in [4.69, 9.17) is 0 Å². The molecular weight excluding hydrogens is 224 g/mol. The summed E-state index contributed by atoms with van der Waals surface area (Å²) in [5.41, 5.74) is 2.52. The molecule has 0 saturated carbocycles. The highest BCUT2D eigenvalue weighted by atomic mass is 79.9. The van der Waals surface area contributed by atoms with E-state index >= 15 is 0 Å². The molecule has 0 amide bonds. The number of rotatable bonds is 3. The summed E-state index contributed by atoms with van der Waals surface area (Å²) in [4.78, 5) is 0. The summed E-state index contributed by atoms with van der Waals surface area (Å²) in [6.45, 7) is 8.18. The van der Waals surface area contributed by atoms with Crippen LogP contribution in [-0.2, 0) is 4.32 Å². The largest absolute Gasteiger partial charge is 0.0985 e. The van der Waals surface area contributed by atoms with Gasteiger partial charge in [-0.15, -0.1) is 0 Å². The first-order chi connectivity index (χ1) is 6.11. The van der Waals surface area contributed by atoms with Gasteiger partial charge in [-0.3, -0.25) is 0 Å². The molecule has 70 valence electrons. The molecule has 1 unspecified atom stereocenters. The van der Waals surface area contributed by atoms with E-state index in [0.717, 1.165) is 6.42 Å². The molecular formula is C12H15Br. The molecule has 1 atom stereocenters. The van der Waals surface area contributed by atoms with Gasteiger partial charge in [0.2, 0.25) is 0 Å². The zero-order chi connectivity index (χ0) is 9.90. The van der Waals surface area contributed by atoms with Gasteiger partial charge in [0.1, 0.15) is 0 Å². The van der Waals surface area contributed by atoms with Crippen molar-refractivity contribution in [2.45, 2.75) is 24.6 Å². The number of halogens is 1. The zero-order valence-electron chi connectivity index (χ0n) is 8.18. The van der Waals surface area contributed by atoms with Crippen LogP contribution in [0.15, 0.2) is 30.8 Å². The number of alkyl halides is 1. The van der Waals surface area contributed by atoms with Crippen molar-refractivity contribution in [2.24, 2.45) is 0 Å². The first-order valence-corrected chi connectivity index (χ1v) is 5.32. The van der Waals surface area contributed by atoms with Gasteiger partial charge in [-0.2, -0.15) is 0 Å². The van der Waals surface area contributed by atoms with E-state index in [0.29, 0.717) is 0 Å². The maximum absolute atomic E-state index is 3.82. The molecule has 0 aliphatic rings. The Hall–Kier alpha value is -0.560. The number of hydrogen-bond donors (Lipinski definition) is 0. The van der Waals surface area contributed by atoms with Gasteiger partial charge in [0.15, 0.2) is 0 Å². The fraction of sp³-hybridized carbons (Fsp3) is 0.333. The van der Waals surface area contributed by atoms with E-state index in [1.807, 2.05) is 12.1 Å². The van der Waals surface area contributed by atoms with Crippen molar-refractivity contribution in [2.75, 3.05) is 0 Å². The molecule has 0 fully saturated rings. The van der Waals surface area contributed by atoms with Crippen LogP contribution in [0.4, 0.5) is 0 Å². The SMILES string of the molecule is C=Cc1ccccc1C(C)(Br)CC. The predicted molar refractivity (Wildman–Crippen MR) is 63.1 cm³/mol. The monoisotopic (exact) mass is 238 g/mol. The second-order valence-electron chi connectivity index (χ2n) is 3.34. The lowest BCUT2D eigenvalue weighted by Crippen LogP contribution is -2.12. The van der Waals surface area contributed by atoms with Gasteiger partial charge in [0, 0.05) is 4.32 Å². The van der Waals surface area contributed by atoms with Crippen molar-refractivity contribution in [3.63, 3.8) is 0 Å². The van der Waals surface area contributed by atoms with Crippen LogP contribution in [0.2, 0.25) is 0 Å². The summed E-state index contributed by atoms with van der Waals surface area (Å²) in [6, 6.07) is 8.35. The molecule has 1 aromatic rings. The molecule has 0 radical (unpaired) electrons. The van der Waals surface area contributed by atoms with Crippen molar-refractivity contribution in [3.05, 3.63) is 42.0 Å². The molecule has 0 aromatic heterocycles. The Morgan fingerprint density at radius 2 is 2.08 bits per heavy atom. The highest BCUT2D eigenvalue weighted by molar-refractivity contribution is 9.09. The van der Waals surface area contributed by atoms with Crippen molar-refractivity contribution < 1.29 is 0 Å². The van der Waals surface area contributed by atoms with Gasteiger partial charge in [0.05, 0.1) is 0 Å². The van der Waals surface area contributed by atoms with Gasteiger partial charge >= 0.3 is 0 Å². The van der Waals surface area contributed by atoms with Crippen molar-refractivity contribution >= 4 is 22.0 Å². The Bertz CT molecular complexity index is 300. The van der Waals surface area contributed by atoms with E-state index in [1.165, 1.54) is 11.1 Å². The lowest BCUT2D eigenvalue weighted by atomic mass is 9.93. The minimum absolute atomic E-state index is 0.0672. The second-order valence-corrected chi connectivity index (χ2v) is 5.09. The van der Waals surface area contributed by atoms with E-state index in [9.17, 15) is 0 Å². The van der Waals surface area contributed by atoms with Crippen LogP contribution < -0.4 is 0 Å². The summed E-state index contributed by atoms with van der Waals surface area (Å²) >= 11 is 3.73. The Morgan fingerprint density at radius 1 is 1.46 bits per heavy atom. The summed E-state index contributed by atoms with van der Waals surface area (Å²) in [5, 5.41) is 0. The Morgan fingerprint density at radius 3 is 2.62 bits per heavy atom. The molecule has 0 nitrogen and oxygen atoms in total. The van der Waals surface area contributed by atoms with Crippen LogP contribution in [-0.4, -0.2) is 0 Å². The third kappa shape index (κ3) is 2.22. The molecule has 0 aliphatic carbocycles. The standard InChI is InChI=1S/C12H15Br/c1-4-10-8-6-7-9-11(10)12(3,13)5-2/h4,6-9H,1,5H2,2-3H3. The average molecular weight is 239 g/mol. The maximum Gasteiger partial charge on any atom is 0.0481 e. The van der Waals surface area contributed by atoms with Crippen LogP contribution in [0.1, 0.15) is 31.4 Å². The van der Waals surface area contributed by atoms with Crippen LogP contribution in [0.25, 0.3) is 6.08 Å². The van der Waals surface area contributed by atoms with Gasteiger partial charge < -0.3 is 0 Å². The molecule has 0 heterocycles. The fourth-order valence-electron chi connectivity index (χ4n) is 1.34. The van der Waals surface area contributed by atoms with Crippen LogP contribution >= 0.6 is 15.9 Å². The molecule has 0 aliphatic heterocycles. The van der Waals surface area contributed by atoms with Gasteiger partial charge in [-0.25, -0.2) is 0 Å². The minimum atomic E-state index is 0.0672. The topological polar surface area (TPSA) is 0 Å². The summed E-state index contributed by atoms with van der Waals surface area (Å²) in [6.07, 6.45) is 2.97. The number of hydrogen-bond acceptors (Lipinski definition) is 0. The van der Waals surface area contributed by atoms with E-state index < -0.39 is 0 Å². The first kappa shape index (κ1) is 10.5. The molecule has 0 saturated heterocycles. The van der Waals surface area contributed by atoms with Crippen molar-refractivity contribution in [3.8, 4) is 0 Å². The van der Waals surface area contributed by atoms with Crippen molar-refractivity contribution in [1.29, 1.82) is 0 Å². The smallest absolute Gasteiger partial charge is 0.0481 e. The van der Waals surface area contributed by atoms with Gasteiger partial charge in [0.25, 0.3) is 0 Å². The fourth-order valence-corrected chi connectivity index (χ4v) is 1.70. The molecule has 1 rings (SSSR count). The Kier molecular flexibility index (Phi) is 3.32. The average Bonchev–Trinajstić information content (AvgIpc) is 2.18. The second kappa shape index (κ2) is 4.10. The molecule has 0 N–H and O–H groups in total. The Balaban J connectivity index is 3.20. The Labute approximate surface area is 88.8 Å². The minimum Gasteiger partial charge on any atom is -0.0985 e. The molecule has 0 spiro atoms. The summed E-state index contributed by atoms with van der Waals surface area (Å²) < 4.78 is 0.0672. The first-order valence-electron chi connectivity index (χ1n) is 4.52. The molecule has 1 aromatic carbocycles. The van der Waals surface area contributed by atoms with Gasteiger partial charge in [-0.05, 0) is 24.5 Å². The quantitative estimate of drug-likeness (QED) is 0.688. The summed E-state index contributed by atoms with van der Waals surface area (Å²) in [5.74, 6) is 0. The zero-order valence-corrected chi connectivity index (χ0v) is 9.76. The third-order valence-corrected chi connectivity index (χ3v) is 3.39. The lowest BCUT2D eigenvalue weighted by Gasteiger charge is -2.23.